The van der Waals surface area contributed by atoms with Gasteiger partial charge in [0.05, 0.1) is 25.9 Å². The molecule has 4 N–H and O–H groups in total. The molecular formula is C19H26FNO7S. The maximum Gasteiger partial charge on any atom is 0.349 e. The van der Waals surface area contributed by atoms with Crippen molar-refractivity contribution < 1.29 is 38.8 Å². The highest BCUT2D eigenvalue weighted by Crippen LogP contribution is 2.44. The van der Waals surface area contributed by atoms with Crippen molar-refractivity contribution in [2.75, 3.05) is 13.7 Å². The van der Waals surface area contributed by atoms with E-state index in [2.05, 4.69) is 5.32 Å². The van der Waals surface area contributed by atoms with Crippen LogP contribution in [0.2, 0.25) is 0 Å². The van der Waals surface area contributed by atoms with Gasteiger partial charge in [0, 0.05) is 18.2 Å². The summed E-state index contributed by atoms with van der Waals surface area (Å²) < 4.78 is 25.5. The minimum absolute atomic E-state index is 0.290. The van der Waals surface area contributed by atoms with Crippen LogP contribution in [0.3, 0.4) is 0 Å². The van der Waals surface area contributed by atoms with Gasteiger partial charge in [-0.1, -0.05) is 29.5 Å². The lowest BCUT2D eigenvalue weighted by Gasteiger charge is -2.46. The van der Waals surface area contributed by atoms with Crippen molar-refractivity contribution in [1.29, 1.82) is 0 Å². The molecule has 1 heterocycles. The minimum Gasteiger partial charge on any atom is -0.466 e. The quantitative estimate of drug-likeness (QED) is 0.455. The Bertz CT molecular complexity index is 719. The second-order valence-corrected chi connectivity index (χ2v) is 8.27. The summed E-state index contributed by atoms with van der Waals surface area (Å²) in [6.07, 6.45) is -7.29. The standard InChI is InChI=1S/C19H26FNO7S/c1-10-4-6-12(7-5-10)29-19(18(26)27-3)8-13(24)16(21-11(2)23)17(28-19)15(20)14(25)9-22/h4-7,13-17,22,24-25H,8-9H2,1-3H3,(H,21,23)/t13-,14+,15-,16+,17-,19+/m0/s1. The Morgan fingerprint density at radius 1 is 1.41 bits per heavy atom. The van der Waals surface area contributed by atoms with Crippen LogP contribution in [-0.4, -0.2) is 76.4 Å². The first-order chi connectivity index (χ1) is 13.6. The first-order valence-electron chi connectivity index (χ1n) is 9.03. The van der Waals surface area contributed by atoms with Crippen LogP contribution in [-0.2, 0) is 19.1 Å². The van der Waals surface area contributed by atoms with E-state index >= 15 is 0 Å². The Kier molecular flexibility index (Phi) is 8.01. The van der Waals surface area contributed by atoms with Gasteiger partial charge in [0.15, 0.2) is 6.17 Å². The molecule has 0 aliphatic carbocycles. The van der Waals surface area contributed by atoms with Crippen molar-refractivity contribution in [3.8, 4) is 0 Å². The topological polar surface area (TPSA) is 125 Å². The van der Waals surface area contributed by atoms with Crippen molar-refractivity contribution in [1.82, 2.24) is 5.32 Å². The number of amides is 1. The van der Waals surface area contributed by atoms with E-state index in [1.165, 1.54) is 6.92 Å². The van der Waals surface area contributed by atoms with Gasteiger partial charge in [0.25, 0.3) is 0 Å². The van der Waals surface area contributed by atoms with E-state index in [1.54, 1.807) is 12.1 Å². The highest BCUT2D eigenvalue weighted by molar-refractivity contribution is 8.01. The summed E-state index contributed by atoms with van der Waals surface area (Å²) in [4.78, 5) is 23.0. The van der Waals surface area contributed by atoms with Gasteiger partial charge in [0.1, 0.15) is 12.2 Å². The number of halogens is 1. The van der Waals surface area contributed by atoms with Crippen molar-refractivity contribution in [3.05, 3.63) is 29.8 Å². The predicted molar refractivity (Wildman–Crippen MR) is 103 cm³/mol. The first-order valence-corrected chi connectivity index (χ1v) is 9.85. The monoisotopic (exact) mass is 431 g/mol. The van der Waals surface area contributed by atoms with Gasteiger partial charge >= 0.3 is 5.97 Å². The van der Waals surface area contributed by atoms with Crippen molar-refractivity contribution in [3.63, 3.8) is 0 Å². The Morgan fingerprint density at radius 3 is 2.55 bits per heavy atom. The summed E-state index contributed by atoms with van der Waals surface area (Å²) in [7, 11) is 1.14. The van der Waals surface area contributed by atoms with Gasteiger partial charge in [-0.2, -0.15) is 0 Å². The van der Waals surface area contributed by atoms with E-state index in [1.807, 2.05) is 19.1 Å². The number of carbonyl (C=O) groups excluding carboxylic acids is 2. The predicted octanol–water partition coefficient (Wildman–Crippen LogP) is 0.302. The molecule has 2 rings (SSSR count). The molecule has 0 unspecified atom stereocenters. The summed E-state index contributed by atoms with van der Waals surface area (Å²) in [5, 5.41) is 32.0. The third-order valence-electron chi connectivity index (χ3n) is 4.61. The van der Waals surface area contributed by atoms with Crippen molar-refractivity contribution >= 4 is 23.6 Å². The number of alkyl halides is 1. The number of rotatable bonds is 7. The number of hydrogen-bond donors (Lipinski definition) is 4. The van der Waals surface area contributed by atoms with Gasteiger partial charge in [0.2, 0.25) is 10.8 Å². The fraction of sp³-hybridized carbons (Fsp3) is 0.579. The van der Waals surface area contributed by atoms with E-state index in [0.29, 0.717) is 4.90 Å². The number of esters is 1. The number of aliphatic hydroxyl groups is 3. The molecule has 10 heteroatoms. The van der Waals surface area contributed by atoms with Gasteiger partial charge in [-0.05, 0) is 19.1 Å². The number of aliphatic hydroxyl groups excluding tert-OH is 3. The largest absolute Gasteiger partial charge is 0.466 e. The van der Waals surface area contributed by atoms with Crippen LogP contribution in [0, 0.1) is 6.92 Å². The average Bonchev–Trinajstić information content (AvgIpc) is 2.69. The third kappa shape index (κ3) is 5.46. The molecular weight excluding hydrogens is 405 g/mol. The normalized spacial score (nSPS) is 29.0. The van der Waals surface area contributed by atoms with Gasteiger partial charge in [-0.25, -0.2) is 9.18 Å². The first kappa shape index (κ1) is 23.6. The molecule has 0 radical (unpaired) electrons. The Labute approximate surface area is 172 Å². The number of carbonyl (C=O) groups is 2. The van der Waals surface area contributed by atoms with E-state index in [0.717, 1.165) is 24.4 Å². The molecule has 1 aliphatic heterocycles. The van der Waals surface area contributed by atoms with Crippen LogP contribution in [0.15, 0.2) is 29.2 Å². The fourth-order valence-electron chi connectivity index (χ4n) is 3.15. The van der Waals surface area contributed by atoms with E-state index in [9.17, 15) is 24.2 Å². The Hall–Kier alpha value is -1.72. The minimum atomic E-state index is -2.19. The van der Waals surface area contributed by atoms with Gasteiger partial charge in [-0.3, -0.25) is 4.79 Å². The molecule has 1 amide bonds. The molecule has 1 aromatic carbocycles. The molecule has 1 aliphatic rings. The van der Waals surface area contributed by atoms with Crippen LogP contribution < -0.4 is 5.32 Å². The zero-order valence-corrected chi connectivity index (χ0v) is 17.2. The number of ether oxygens (including phenoxy) is 2. The number of aryl methyl sites for hydroxylation is 1. The summed E-state index contributed by atoms with van der Waals surface area (Å²) in [6.45, 7) is 2.17. The third-order valence-corrected chi connectivity index (χ3v) is 5.88. The number of methoxy groups -OCH3 is 1. The highest BCUT2D eigenvalue weighted by Gasteiger charge is 2.56. The zero-order valence-electron chi connectivity index (χ0n) is 16.4. The lowest BCUT2D eigenvalue weighted by molar-refractivity contribution is -0.198. The summed E-state index contributed by atoms with van der Waals surface area (Å²) >= 11 is 0.938. The molecule has 162 valence electrons. The van der Waals surface area contributed by atoms with Gasteiger partial charge < -0.3 is 30.1 Å². The number of benzene rings is 1. The van der Waals surface area contributed by atoms with Crippen LogP contribution in [0.5, 0.6) is 0 Å². The molecule has 1 saturated heterocycles. The van der Waals surface area contributed by atoms with Crippen LogP contribution in [0.4, 0.5) is 4.39 Å². The zero-order chi connectivity index (χ0) is 21.8. The Balaban J connectivity index is 2.44. The Morgan fingerprint density at radius 2 is 2.03 bits per heavy atom. The molecule has 1 aromatic rings. The van der Waals surface area contributed by atoms with Crippen LogP contribution >= 0.6 is 11.8 Å². The molecule has 0 aromatic heterocycles. The van der Waals surface area contributed by atoms with Crippen LogP contribution in [0.1, 0.15) is 18.9 Å². The lowest BCUT2D eigenvalue weighted by atomic mass is 9.90. The van der Waals surface area contributed by atoms with Crippen LogP contribution in [0.25, 0.3) is 0 Å². The summed E-state index contributed by atoms with van der Waals surface area (Å²) in [6, 6.07) is 5.88. The number of hydrogen-bond acceptors (Lipinski definition) is 8. The summed E-state index contributed by atoms with van der Waals surface area (Å²) in [5.41, 5.74) is 0.990. The van der Waals surface area contributed by atoms with Crippen molar-refractivity contribution in [2.45, 2.75) is 60.6 Å². The lowest BCUT2D eigenvalue weighted by Crippen LogP contribution is -2.65. The maximum atomic E-state index is 14.9. The highest BCUT2D eigenvalue weighted by atomic mass is 32.2. The molecule has 0 spiro atoms. The smallest absolute Gasteiger partial charge is 0.349 e. The number of thioether (sulfide) groups is 1. The molecule has 29 heavy (non-hydrogen) atoms. The van der Waals surface area contributed by atoms with Crippen molar-refractivity contribution in [2.24, 2.45) is 0 Å². The SMILES string of the molecule is COC(=O)[C@]1(Sc2ccc(C)cc2)C[C@H](O)[C@@H](NC(C)=O)[C@H]([C@@H](F)[C@H](O)CO)O1. The number of nitrogens with one attached hydrogen (secondary N) is 1. The van der Waals surface area contributed by atoms with E-state index in [4.69, 9.17) is 14.6 Å². The second kappa shape index (κ2) is 9.86. The molecule has 6 atom stereocenters. The molecule has 0 saturated carbocycles. The molecule has 8 nitrogen and oxygen atoms in total. The molecule has 1 fully saturated rings. The average molecular weight is 431 g/mol. The second-order valence-electron chi connectivity index (χ2n) is 6.93. The molecule has 0 bridgehead atoms. The fourth-order valence-corrected chi connectivity index (χ4v) is 4.38. The van der Waals surface area contributed by atoms with E-state index in [-0.39, 0.29) is 6.42 Å². The van der Waals surface area contributed by atoms with Gasteiger partial charge in [-0.15, -0.1) is 0 Å². The van der Waals surface area contributed by atoms with E-state index < -0.39 is 53.9 Å². The summed E-state index contributed by atoms with van der Waals surface area (Å²) in [5.74, 6) is -1.40. The maximum absolute atomic E-state index is 14.9.